The first-order chi connectivity index (χ1) is 11.5. The number of nitrogens with zero attached hydrogens (tertiary/aromatic N) is 1. The Morgan fingerprint density at radius 1 is 1.42 bits per heavy atom. The zero-order valence-corrected chi connectivity index (χ0v) is 14.1. The van der Waals surface area contributed by atoms with E-state index >= 15 is 0 Å². The van der Waals surface area contributed by atoms with E-state index in [1.807, 2.05) is 12.2 Å². The van der Waals surface area contributed by atoms with Crippen LogP contribution < -0.4 is 5.73 Å². The molecule has 0 aromatic rings. The highest BCUT2D eigenvalue weighted by Gasteiger charge is 2.70. The minimum absolute atomic E-state index is 0.184. The van der Waals surface area contributed by atoms with Crippen molar-refractivity contribution in [3.63, 3.8) is 0 Å². The second-order valence-electron chi connectivity index (χ2n) is 8.12. The van der Waals surface area contributed by atoms with E-state index in [9.17, 15) is 10.2 Å². The fraction of sp³-hybridized carbons (Fsp3) is 0.684. The van der Waals surface area contributed by atoms with Crippen LogP contribution in [0.15, 0.2) is 35.1 Å². The summed E-state index contributed by atoms with van der Waals surface area (Å²) in [6, 6.07) is 0.453. The molecule has 2 saturated heterocycles. The minimum atomic E-state index is -0.806. The van der Waals surface area contributed by atoms with Gasteiger partial charge >= 0.3 is 0 Å². The monoisotopic (exact) mass is 330 g/mol. The average molecular weight is 330 g/mol. The van der Waals surface area contributed by atoms with Crippen LogP contribution in [0.1, 0.15) is 25.7 Å². The summed E-state index contributed by atoms with van der Waals surface area (Å²) >= 11 is 0. The lowest BCUT2D eigenvalue weighted by Gasteiger charge is -2.58. The molecule has 1 spiro atoms. The first-order valence-electron chi connectivity index (χ1n) is 9.11. The van der Waals surface area contributed by atoms with Crippen molar-refractivity contribution >= 4 is 0 Å². The van der Waals surface area contributed by atoms with Crippen molar-refractivity contribution in [1.29, 1.82) is 0 Å². The van der Waals surface area contributed by atoms with E-state index in [0.717, 1.165) is 25.8 Å². The molecular weight excluding hydrogens is 304 g/mol. The van der Waals surface area contributed by atoms with Crippen LogP contribution >= 0.6 is 0 Å². The van der Waals surface area contributed by atoms with Crippen LogP contribution in [0.5, 0.6) is 0 Å². The molecule has 4 N–H and O–H groups in total. The standard InChI is InChI=1S/C19H26N2O3/c1-21-9-7-18-12-3-4-14(22)17(18)24-19(6-8-20)15(23)5-2-11(16(18)19)10-13(12)21/h3-5,12-14,17,22-23H,2,6-10,20H2,1H3/t12-,13+,14-,17-,18-,19?/m0/s1. The highest BCUT2D eigenvalue weighted by molar-refractivity contribution is 5.52. The Morgan fingerprint density at radius 2 is 2.25 bits per heavy atom. The molecule has 5 aliphatic rings. The summed E-state index contributed by atoms with van der Waals surface area (Å²) in [6.45, 7) is 1.45. The van der Waals surface area contributed by atoms with E-state index in [1.54, 1.807) is 0 Å². The van der Waals surface area contributed by atoms with Gasteiger partial charge in [-0.25, -0.2) is 0 Å². The fourth-order valence-electron chi connectivity index (χ4n) is 6.37. The van der Waals surface area contributed by atoms with Crippen molar-refractivity contribution in [1.82, 2.24) is 4.90 Å². The molecule has 2 heterocycles. The Hall–Kier alpha value is -1.14. The molecule has 5 rings (SSSR count). The number of ether oxygens (including phenoxy) is 1. The Morgan fingerprint density at radius 3 is 3.04 bits per heavy atom. The number of piperidine rings is 1. The zero-order valence-electron chi connectivity index (χ0n) is 14.1. The summed E-state index contributed by atoms with van der Waals surface area (Å²) in [6.07, 6.45) is 8.47. The largest absolute Gasteiger partial charge is 0.509 e. The van der Waals surface area contributed by atoms with Gasteiger partial charge in [0.15, 0.2) is 0 Å². The maximum Gasteiger partial charge on any atom is 0.148 e. The number of hydrogen-bond donors (Lipinski definition) is 3. The van der Waals surface area contributed by atoms with Gasteiger partial charge in [0.2, 0.25) is 0 Å². The second-order valence-corrected chi connectivity index (χ2v) is 8.12. The first kappa shape index (κ1) is 15.1. The van der Waals surface area contributed by atoms with Crippen molar-refractivity contribution in [3.8, 4) is 0 Å². The van der Waals surface area contributed by atoms with Crippen LogP contribution in [0.2, 0.25) is 0 Å². The first-order valence-corrected chi connectivity index (χ1v) is 9.11. The lowest BCUT2D eigenvalue weighted by Crippen LogP contribution is -2.61. The van der Waals surface area contributed by atoms with E-state index < -0.39 is 11.7 Å². The Balaban J connectivity index is 1.78. The Bertz CT molecular complexity index is 684. The Labute approximate surface area is 142 Å². The molecule has 0 aromatic heterocycles. The topological polar surface area (TPSA) is 79.0 Å². The summed E-state index contributed by atoms with van der Waals surface area (Å²) in [7, 11) is 2.20. The number of hydrogen-bond acceptors (Lipinski definition) is 5. The minimum Gasteiger partial charge on any atom is -0.509 e. The molecule has 24 heavy (non-hydrogen) atoms. The molecule has 6 atom stereocenters. The van der Waals surface area contributed by atoms with E-state index in [2.05, 4.69) is 18.0 Å². The summed E-state index contributed by atoms with van der Waals surface area (Å²) in [4.78, 5) is 2.46. The van der Waals surface area contributed by atoms with E-state index in [1.165, 1.54) is 11.1 Å². The summed E-state index contributed by atoms with van der Waals surface area (Å²) < 4.78 is 6.54. The van der Waals surface area contributed by atoms with Gasteiger partial charge in [0.05, 0.1) is 12.2 Å². The van der Waals surface area contributed by atoms with Crippen molar-refractivity contribution in [2.24, 2.45) is 17.1 Å². The maximum atomic E-state index is 10.8. The number of aliphatic hydroxyl groups excluding tert-OH is 2. The number of likely N-dealkylation sites (tertiary alicyclic amines) is 1. The summed E-state index contributed by atoms with van der Waals surface area (Å²) in [5.74, 6) is 0.646. The molecule has 0 radical (unpaired) electrons. The predicted molar refractivity (Wildman–Crippen MR) is 90.4 cm³/mol. The molecule has 0 amide bonds. The molecule has 130 valence electrons. The average Bonchev–Trinajstić information content (AvgIpc) is 2.87. The summed E-state index contributed by atoms with van der Waals surface area (Å²) in [5.41, 5.74) is 7.59. The molecule has 2 bridgehead atoms. The van der Waals surface area contributed by atoms with E-state index in [4.69, 9.17) is 10.5 Å². The third-order valence-corrected chi connectivity index (χ3v) is 7.25. The maximum absolute atomic E-state index is 10.8. The van der Waals surface area contributed by atoms with Crippen LogP contribution in [0.3, 0.4) is 0 Å². The van der Waals surface area contributed by atoms with Gasteiger partial charge in [0, 0.05) is 17.4 Å². The van der Waals surface area contributed by atoms with Crippen LogP contribution in [0.25, 0.3) is 0 Å². The lowest BCUT2D eigenvalue weighted by atomic mass is 9.50. The van der Waals surface area contributed by atoms with Crippen LogP contribution in [-0.2, 0) is 4.74 Å². The molecular formula is C19H26N2O3. The highest BCUT2D eigenvalue weighted by Crippen LogP contribution is 2.68. The van der Waals surface area contributed by atoms with Crippen LogP contribution in [0, 0.1) is 11.3 Å². The van der Waals surface area contributed by atoms with Gasteiger partial charge in [-0.3, -0.25) is 0 Å². The lowest BCUT2D eigenvalue weighted by molar-refractivity contribution is -0.120. The fourth-order valence-corrected chi connectivity index (χ4v) is 6.37. The summed E-state index contributed by atoms with van der Waals surface area (Å²) in [5, 5.41) is 21.5. The van der Waals surface area contributed by atoms with Gasteiger partial charge in [-0.15, -0.1) is 0 Å². The smallest absolute Gasteiger partial charge is 0.148 e. The number of nitrogens with two attached hydrogens (primary N) is 1. The number of rotatable bonds is 2. The van der Waals surface area contributed by atoms with Crippen LogP contribution in [0.4, 0.5) is 0 Å². The quantitative estimate of drug-likeness (QED) is 0.664. The third kappa shape index (κ3) is 1.51. The SMILES string of the molecule is CN1CC[C@]23C4=C5CC=C(O)C4(CCN)O[C@H]2[C@@H](O)C=C[C@H]3[C@H]1C5. The van der Waals surface area contributed by atoms with Crippen molar-refractivity contribution < 1.29 is 14.9 Å². The highest BCUT2D eigenvalue weighted by atomic mass is 16.5. The molecule has 5 heteroatoms. The van der Waals surface area contributed by atoms with Crippen molar-refractivity contribution in [3.05, 3.63) is 35.1 Å². The molecule has 1 unspecified atom stereocenters. The molecule has 2 aliphatic heterocycles. The van der Waals surface area contributed by atoms with Crippen molar-refractivity contribution in [2.45, 2.75) is 49.5 Å². The van der Waals surface area contributed by atoms with Gasteiger partial charge in [-0.2, -0.15) is 0 Å². The van der Waals surface area contributed by atoms with Gasteiger partial charge in [-0.1, -0.05) is 17.7 Å². The van der Waals surface area contributed by atoms with Gasteiger partial charge < -0.3 is 25.6 Å². The van der Waals surface area contributed by atoms with Crippen LogP contribution in [-0.4, -0.2) is 59.1 Å². The third-order valence-electron chi connectivity index (χ3n) is 7.25. The van der Waals surface area contributed by atoms with Gasteiger partial charge in [-0.05, 0) is 57.5 Å². The zero-order chi connectivity index (χ0) is 16.7. The number of allylic oxidation sites excluding steroid dienone is 1. The van der Waals surface area contributed by atoms with Gasteiger partial charge in [0.1, 0.15) is 11.4 Å². The second kappa shape index (κ2) is 4.73. The van der Waals surface area contributed by atoms with E-state index in [0.29, 0.717) is 30.7 Å². The van der Waals surface area contributed by atoms with Gasteiger partial charge in [0.25, 0.3) is 0 Å². The Kier molecular flexibility index (Phi) is 2.98. The molecule has 2 fully saturated rings. The molecule has 0 aromatic carbocycles. The molecule has 0 saturated carbocycles. The predicted octanol–water partition coefficient (Wildman–Crippen LogP) is 1.26. The normalized spacial score (nSPS) is 49.2. The van der Waals surface area contributed by atoms with E-state index in [-0.39, 0.29) is 11.5 Å². The number of aliphatic hydroxyl groups is 2. The van der Waals surface area contributed by atoms with Crippen molar-refractivity contribution in [2.75, 3.05) is 20.1 Å². The molecule has 5 nitrogen and oxygen atoms in total. The molecule has 3 aliphatic carbocycles.